The zero-order valence-corrected chi connectivity index (χ0v) is 11.1. The molecule has 18 heavy (non-hydrogen) atoms. The van der Waals surface area contributed by atoms with Crippen molar-refractivity contribution < 1.29 is 9.47 Å². The molecule has 1 aromatic rings. The molecule has 2 aliphatic rings. The van der Waals surface area contributed by atoms with E-state index in [0.717, 1.165) is 45.0 Å². The lowest BCUT2D eigenvalue weighted by Gasteiger charge is -2.38. The first-order chi connectivity index (χ1) is 8.69. The summed E-state index contributed by atoms with van der Waals surface area (Å²) in [5, 5.41) is 0. The number of aromatic nitrogens is 1. The molecule has 4 nitrogen and oxygen atoms in total. The van der Waals surface area contributed by atoms with E-state index < -0.39 is 0 Å². The van der Waals surface area contributed by atoms with Gasteiger partial charge in [-0.05, 0) is 25.0 Å². The Morgan fingerprint density at radius 1 is 1.17 bits per heavy atom. The van der Waals surface area contributed by atoms with Crippen LogP contribution in [0, 0.1) is 13.8 Å². The van der Waals surface area contributed by atoms with Crippen LogP contribution in [0.5, 0.6) is 0 Å². The minimum absolute atomic E-state index is 0.297. The Bertz CT molecular complexity index is 431. The largest absolute Gasteiger partial charge is 0.356 e. The minimum Gasteiger partial charge on any atom is -0.356 e. The second-order valence-corrected chi connectivity index (χ2v) is 5.25. The average Bonchev–Trinajstić information content (AvgIpc) is 2.80. The first kappa shape index (κ1) is 11.9. The molecule has 0 unspecified atom stereocenters. The van der Waals surface area contributed by atoms with E-state index in [0.29, 0.717) is 0 Å². The number of pyridine rings is 1. The topological polar surface area (TPSA) is 34.6 Å². The van der Waals surface area contributed by atoms with Crippen molar-refractivity contribution in [2.75, 3.05) is 31.2 Å². The molecular weight excluding hydrogens is 228 g/mol. The van der Waals surface area contributed by atoms with Gasteiger partial charge >= 0.3 is 0 Å². The Balaban J connectivity index is 1.72. The average molecular weight is 248 g/mol. The van der Waals surface area contributed by atoms with Crippen LogP contribution in [0.3, 0.4) is 0 Å². The van der Waals surface area contributed by atoms with E-state index in [9.17, 15) is 0 Å². The van der Waals surface area contributed by atoms with Gasteiger partial charge in [0, 0.05) is 32.1 Å². The zero-order chi connectivity index (χ0) is 12.6. The Morgan fingerprint density at radius 3 is 2.44 bits per heavy atom. The highest BCUT2D eigenvalue weighted by atomic mass is 16.7. The number of hydrogen-bond acceptors (Lipinski definition) is 4. The van der Waals surface area contributed by atoms with Crippen LogP contribution in [-0.2, 0) is 9.47 Å². The highest BCUT2D eigenvalue weighted by Gasteiger charge is 2.40. The van der Waals surface area contributed by atoms with Crippen molar-refractivity contribution in [3.63, 3.8) is 0 Å². The monoisotopic (exact) mass is 248 g/mol. The van der Waals surface area contributed by atoms with Gasteiger partial charge in [0.2, 0.25) is 0 Å². The summed E-state index contributed by atoms with van der Waals surface area (Å²) in [6.45, 7) is 7.59. The summed E-state index contributed by atoms with van der Waals surface area (Å²) >= 11 is 0. The predicted molar refractivity (Wildman–Crippen MR) is 69.8 cm³/mol. The quantitative estimate of drug-likeness (QED) is 0.762. The number of hydrogen-bond donors (Lipinski definition) is 0. The highest BCUT2D eigenvalue weighted by molar-refractivity contribution is 5.47. The molecule has 0 saturated carbocycles. The number of anilines is 1. The number of nitrogens with zero attached hydrogens (tertiary/aromatic N) is 2. The third-order valence-electron chi connectivity index (χ3n) is 3.83. The van der Waals surface area contributed by atoms with E-state index in [-0.39, 0.29) is 5.79 Å². The maximum atomic E-state index is 5.75. The van der Waals surface area contributed by atoms with Crippen molar-refractivity contribution in [2.45, 2.75) is 32.5 Å². The molecule has 0 aliphatic carbocycles. The summed E-state index contributed by atoms with van der Waals surface area (Å²) < 4.78 is 11.5. The normalized spacial score (nSPS) is 22.7. The molecule has 1 aromatic heterocycles. The Labute approximate surface area is 108 Å². The third kappa shape index (κ3) is 2.10. The molecular formula is C14H20N2O2. The summed E-state index contributed by atoms with van der Waals surface area (Å²) in [6, 6.07) is 2.19. The number of ether oxygens (including phenoxy) is 2. The SMILES string of the molecule is Cc1cnc(N2CCC3(CC2)OCCO3)c(C)c1. The van der Waals surface area contributed by atoms with Crippen LogP contribution in [0.1, 0.15) is 24.0 Å². The van der Waals surface area contributed by atoms with Gasteiger partial charge in [-0.2, -0.15) is 0 Å². The van der Waals surface area contributed by atoms with Crippen LogP contribution in [0.15, 0.2) is 12.3 Å². The van der Waals surface area contributed by atoms with Crippen molar-refractivity contribution in [3.05, 3.63) is 23.4 Å². The van der Waals surface area contributed by atoms with Crippen LogP contribution in [-0.4, -0.2) is 37.1 Å². The summed E-state index contributed by atoms with van der Waals surface area (Å²) in [7, 11) is 0. The second kappa shape index (κ2) is 4.52. The van der Waals surface area contributed by atoms with Crippen molar-refractivity contribution in [1.29, 1.82) is 0 Å². The molecule has 3 heterocycles. The van der Waals surface area contributed by atoms with Gasteiger partial charge in [0.1, 0.15) is 5.82 Å². The van der Waals surface area contributed by atoms with Crippen molar-refractivity contribution in [3.8, 4) is 0 Å². The zero-order valence-electron chi connectivity index (χ0n) is 11.1. The number of piperidine rings is 1. The third-order valence-corrected chi connectivity index (χ3v) is 3.83. The molecule has 0 amide bonds. The molecule has 0 aromatic carbocycles. The predicted octanol–water partition coefficient (Wildman–Crippen LogP) is 2.04. The molecule has 0 bridgehead atoms. The minimum atomic E-state index is -0.297. The van der Waals surface area contributed by atoms with Gasteiger partial charge in [-0.15, -0.1) is 0 Å². The molecule has 2 aliphatic heterocycles. The number of rotatable bonds is 1. The van der Waals surface area contributed by atoms with Crippen LogP contribution in [0.4, 0.5) is 5.82 Å². The molecule has 2 saturated heterocycles. The molecule has 3 rings (SSSR count). The van der Waals surface area contributed by atoms with E-state index in [1.807, 2.05) is 6.20 Å². The molecule has 4 heteroatoms. The molecule has 2 fully saturated rings. The first-order valence-electron chi connectivity index (χ1n) is 6.65. The smallest absolute Gasteiger partial charge is 0.171 e. The molecule has 0 atom stereocenters. The van der Waals surface area contributed by atoms with E-state index in [1.54, 1.807) is 0 Å². The standard InChI is InChI=1S/C14H20N2O2/c1-11-9-12(2)13(15-10-11)16-5-3-14(4-6-16)17-7-8-18-14/h9-10H,3-8H2,1-2H3. The summed E-state index contributed by atoms with van der Waals surface area (Å²) in [5.74, 6) is 0.809. The van der Waals surface area contributed by atoms with Gasteiger partial charge < -0.3 is 14.4 Å². The highest BCUT2D eigenvalue weighted by Crippen LogP contribution is 2.33. The van der Waals surface area contributed by atoms with Crippen molar-refractivity contribution in [2.24, 2.45) is 0 Å². The summed E-state index contributed by atoms with van der Waals surface area (Å²) in [5.41, 5.74) is 2.46. The van der Waals surface area contributed by atoms with Crippen molar-refractivity contribution in [1.82, 2.24) is 4.98 Å². The van der Waals surface area contributed by atoms with Gasteiger partial charge in [-0.25, -0.2) is 4.98 Å². The number of aryl methyl sites for hydroxylation is 2. The van der Waals surface area contributed by atoms with Crippen LogP contribution < -0.4 is 4.90 Å². The molecule has 0 N–H and O–H groups in total. The van der Waals surface area contributed by atoms with E-state index in [4.69, 9.17) is 9.47 Å². The van der Waals surface area contributed by atoms with Crippen molar-refractivity contribution >= 4 is 5.82 Å². The maximum absolute atomic E-state index is 5.75. The fourth-order valence-electron chi connectivity index (χ4n) is 2.88. The first-order valence-corrected chi connectivity index (χ1v) is 6.65. The lowest BCUT2D eigenvalue weighted by Crippen LogP contribution is -2.45. The van der Waals surface area contributed by atoms with E-state index >= 15 is 0 Å². The molecule has 0 radical (unpaired) electrons. The van der Waals surface area contributed by atoms with Crippen LogP contribution >= 0.6 is 0 Å². The molecule has 98 valence electrons. The van der Waals surface area contributed by atoms with Gasteiger partial charge in [0.05, 0.1) is 13.2 Å². The second-order valence-electron chi connectivity index (χ2n) is 5.25. The Kier molecular flexibility index (Phi) is 2.99. The van der Waals surface area contributed by atoms with Gasteiger partial charge in [0.25, 0.3) is 0 Å². The van der Waals surface area contributed by atoms with Crippen LogP contribution in [0.2, 0.25) is 0 Å². The maximum Gasteiger partial charge on any atom is 0.171 e. The Morgan fingerprint density at radius 2 is 1.83 bits per heavy atom. The van der Waals surface area contributed by atoms with Crippen LogP contribution in [0.25, 0.3) is 0 Å². The fraction of sp³-hybridized carbons (Fsp3) is 0.643. The van der Waals surface area contributed by atoms with E-state index in [1.165, 1.54) is 11.1 Å². The summed E-state index contributed by atoms with van der Waals surface area (Å²) in [6.07, 6.45) is 3.80. The van der Waals surface area contributed by atoms with Gasteiger partial charge in [0.15, 0.2) is 5.79 Å². The fourth-order valence-corrected chi connectivity index (χ4v) is 2.88. The van der Waals surface area contributed by atoms with Gasteiger partial charge in [-0.3, -0.25) is 0 Å². The summed E-state index contributed by atoms with van der Waals surface area (Å²) in [4.78, 5) is 6.90. The lowest BCUT2D eigenvalue weighted by molar-refractivity contribution is -0.169. The Hall–Kier alpha value is -1.13. The molecule has 1 spiro atoms. The lowest BCUT2D eigenvalue weighted by atomic mass is 10.0. The van der Waals surface area contributed by atoms with Gasteiger partial charge in [-0.1, -0.05) is 6.07 Å². The van der Waals surface area contributed by atoms with E-state index in [2.05, 4.69) is 29.8 Å².